The SMILES string of the molecule is FC(F)OCOc1cc[c]cc1. The molecule has 2 nitrogen and oxygen atoms in total. The molecule has 0 atom stereocenters. The van der Waals surface area contributed by atoms with E-state index in [1.165, 1.54) is 0 Å². The summed E-state index contributed by atoms with van der Waals surface area (Å²) in [5.74, 6) is 0.481. The van der Waals surface area contributed by atoms with Gasteiger partial charge in [-0.3, -0.25) is 4.74 Å². The molecule has 65 valence electrons. The van der Waals surface area contributed by atoms with E-state index in [2.05, 4.69) is 10.8 Å². The van der Waals surface area contributed by atoms with Crippen molar-refractivity contribution in [1.29, 1.82) is 0 Å². The Morgan fingerprint density at radius 2 is 2.00 bits per heavy atom. The fraction of sp³-hybridized carbons (Fsp3) is 0.250. The summed E-state index contributed by atoms with van der Waals surface area (Å²) in [6.45, 7) is -3.23. The van der Waals surface area contributed by atoms with Gasteiger partial charge in [0.1, 0.15) is 5.75 Å². The third-order valence-corrected chi connectivity index (χ3v) is 1.11. The molecule has 1 rings (SSSR count). The van der Waals surface area contributed by atoms with Gasteiger partial charge in [0.15, 0.2) is 6.79 Å². The van der Waals surface area contributed by atoms with Crippen molar-refractivity contribution >= 4 is 0 Å². The highest BCUT2D eigenvalue weighted by Crippen LogP contribution is 2.08. The summed E-state index contributed by atoms with van der Waals surface area (Å²) in [7, 11) is 0. The molecule has 0 amide bonds. The first kappa shape index (κ1) is 8.93. The van der Waals surface area contributed by atoms with E-state index in [4.69, 9.17) is 4.74 Å². The van der Waals surface area contributed by atoms with Crippen LogP contribution in [0.25, 0.3) is 0 Å². The van der Waals surface area contributed by atoms with Crippen molar-refractivity contribution in [2.24, 2.45) is 0 Å². The number of benzene rings is 1. The maximum Gasteiger partial charge on any atom is 0.348 e. The molecule has 0 aliphatic rings. The minimum atomic E-state index is -2.79. The molecule has 0 heterocycles. The number of hydrogen-bond acceptors (Lipinski definition) is 2. The Hall–Kier alpha value is -1.16. The first-order valence-electron chi connectivity index (χ1n) is 3.27. The Bertz CT molecular complexity index is 214. The zero-order chi connectivity index (χ0) is 8.81. The van der Waals surface area contributed by atoms with Crippen molar-refractivity contribution < 1.29 is 18.3 Å². The highest BCUT2D eigenvalue weighted by atomic mass is 19.3. The average molecular weight is 173 g/mol. The second-order valence-corrected chi connectivity index (χ2v) is 1.93. The summed E-state index contributed by atoms with van der Waals surface area (Å²) in [6, 6.07) is 9.22. The van der Waals surface area contributed by atoms with Crippen LogP contribution in [0.1, 0.15) is 0 Å². The molecule has 4 heteroatoms. The van der Waals surface area contributed by atoms with E-state index in [9.17, 15) is 8.78 Å². The van der Waals surface area contributed by atoms with Crippen molar-refractivity contribution in [2.45, 2.75) is 6.61 Å². The van der Waals surface area contributed by atoms with Gasteiger partial charge in [-0.05, 0) is 18.2 Å². The maximum absolute atomic E-state index is 11.4. The van der Waals surface area contributed by atoms with Crippen LogP contribution in [-0.4, -0.2) is 13.4 Å². The van der Waals surface area contributed by atoms with Crippen LogP contribution >= 0.6 is 0 Å². The normalized spacial score (nSPS) is 10.2. The largest absolute Gasteiger partial charge is 0.467 e. The highest BCUT2D eigenvalue weighted by Gasteiger charge is 2.00. The van der Waals surface area contributed by atoms with Crippen LogP contribution in [0.4, 0.5) is 8.78 Å². The van der Waals surface area contributed by atoms with Gasteiger partial charge < -0.3 is 4.74 Å². The summed E-state index contributed by atoms with van der Waals surface area (Å²) < 4.78 is 31.5. The van der Waals surface area contributed by atoms with Crippen LogP contribution in [-0.2, 0) is 4.74 Å². The summed E-state index contributed by atoms with van der Waals surface area (Å²) in [4.78, 5) is 0. The Morgan fingerprint density at radius 1 is 1.33 bits per heavy atom. The van der Waals surface area contributed by atoms with Crippen LogP contribution in [0.3, 0.4) is 0 Å². The van der Waals surface area contributed by atoms with Crippen molar-refractivity contribution in [3.8, 4) is 5.75 Å². The molecule has 0 fully saturated rings. The van der Waals surface area contributed by atoms with Crippen LogP contribution in [0.5, 0.6) is 5.75 Å². The number of rotatable bonds is 4. The van der Waals surface area contributed by atoms with Gasteiger partial charge in [0, 0.05) is 0 Å². The molecule has 0 saturated carbocycles. The van der Waals surface area contributed by atoms with Crippen LogP contribution in [0.2, 0.25) is 0 Å². The summed E-state index contributed by atoms with van der Waals surface area (Å²) >= 11 is 0. The minimum Gasteiger partial charge on any atom is -0.467 e. The molecule has 0 aliphatic heterocycles. The number of halogens is 2. The minimum absolute atomic E-state index is 0.443. The van der Waals surface area contributed by atoms with Crippen molar-refractivity contribution in [1.82, 2.24) is 0 Å². The molecular formula is C8H7F2O2. The van der Waals surface area contributed by atoms with E-state index in [1.807, 2.05) is 0 Å². The molecule has 0 aromatic heterocycles. The van der Waals surface area contributed by atoms with Crippen LogP contribution in [0, 0.1) is 6.07 Å². The van der Waals surface area contributed by atoms with Gasteiger partial charge in [0.2, 0.25) is 0 Å². The third kappa shape index (κ3) is 3.30. The molecule has 0 saturated heterocycles. The molecule has 1 radical (unpaired) electrons. The first-order valence-corrected chi connectivity index (χ1v) is 3.27. The lowest BCUT2D eigenvalue weighted by molar-refractivity contribution is -0.167. The van der Waals surface area contributed by atoms with E-state index in [1.54, 1.807) is 24.3 Å². The van der Waals surface area contributed by atoms with Gasteiger partial charge in [0.25, 0.3) is 0 Å². The molecule has 12 heavy (non-hydrogen) atoms. The lowest BCUT2D eigenvalue weighted by Gasteiger charge is -2.04. The monoisotopic (exact) mass is 173 g/mol. The van der Waals surface area contributed by atoms with E-state index >= 15 is 0 Å². The van der Waals surface area contributed by atoms with E-state index in [0.717, 1.165) is 0 Å². The average Bonchev–Trinajstić information content (AvgIpc) is 2.05. The maximum atomic E-state index is 11.4. The quantitative estimate of drug-likeness (QED) is 0.649. The Labute approximate surface area is 68.7 Å². The lowest BCUT2D eigenvalue weighted by Crippen LogP contribution is -2.06. The molecular weight excluding hydrogens is 166 g/mol. The Balaban J connectivity index is 2.25. The van der Waals surface area contributed by atoms with Crippen LogP contribution in [0.15, 0.2) is 24.3 Å². The molecule has 0 aliphatic carbocycles. The first-order chi connectivity index (χ1) is 5.79. The molecule has 1 aromatic carbocycles. The second-order valence-electron chi connectivity index (χ2n) is 1.93. The van der Waals surface area contributed by atoms with Gasteiger partial charge in [-0.25, -0.2) is 0 Å². The van der Waals surface area contributed by atoms with Gasteiger partial charge in [0.05, 0.1) is 0 Å². The van der Waals surface area contributed by atoms with Gasteiger partial charge in [-0.15, -0.1) is 0 Å². The molecule has 0 bridgehead atoms. The van der Waals surface area contributed by atoms with E-state index < -0.39 is 13.4 Å². The van der Waals surface area contributed by atoms with Gasteiger partial charge in [-0.2, -0.15) is 8.78 Å². The highest BCUT2D eigenvalue weighted by molar-refractivity contribution is 5.19. The topological polar surface area (TPSA) is 18.5 Å². The summed E-state index contributed by atoms with van der Waals surface area (Å²) in [5, 5.41) is 0. The fourth-order valence-electron chi connectivity index (χ4n) is 0.621. The summed E-state index contributed by atoms with van der Waals surface area (Å²) in [6.07, 6.45) is 0. The Morgan fingerprint density at radius 3 is 2.58 bits per heavy atom. The van der Waals surface area contributed by atoms with Crippen molar-refractivity contribution in [3.05, 3.63) is 30.3 Å². The van der Waals surface area contributed by atoms with Gasteiger partial charge in [-0.1, -0.05) is 12.1 Å². The molecule has 1 aromatic rings. The van der Waals surface area contributed by atoms with Crippen LogP contribution < -0.4 is 4.74 Å². The second kappa shape index (κ2) is 4.66. The predicted octanol–water partition coefficient (Wildman–Crippen LogP) is 2.06. The lowest BCUT2D eigenvalue weighted by atomic mass is 10.3. The van der Waals surface area contributed by atoms with Crippen molar-refractivity contribution in [2.75, 3.05) is 6.79 Å². The zero-order valence-corrected chi connectivity index (χ0v) is 6.17. The zero-order valence-electron chi connectivity index (χ0n) is 6.17. The Kier molecular flexibility index (Phi) is 3.47. The number of alkyl halides is 2. The summed E-state index contributed by atoms with van der Waals surface area (Å²) in [5.41, 5.74) is 0. The van der Waals surface area contributed by atoms with E-state index in [-0.39, 0.29) is 0 Å². The number of hydrogen-bond donors (Lipinski definition) is 0. The van der Waals surface area contributed by atoms with Crippen molar-refractivity contribution in [3.63, 3.8) is 0 Å². The molecule has 0 unspecified atom stereocenters. The van der Waals surface area contributed by atoms with E-state index in [0.29, 0.717) is 5.75 Å². The fourth-order valence-corrected chi connectivity index (χ4v) is 0.621. The standard InChI is InChI=1S/C8H7F2O2/c9-8(10)12-6-11-7-4-2-1-3-5-7/h2-5,8H,6H2. The predicted molar refractivity (Wildman–Crippen MR) is 37.9 cm³/mol. The molecule has 0 N–H and O–H groups in total. The smallest absolute Gasteiger partial charge is 0.348 e. The van der Waals surface area contributed by atoms with Gasteiger partial charge >= 0.3 is 6.61 Å². The number of ether oxygens (including phenoxy) is 2. The third-order valence-electron chi connectivity index (χ3n) is 1.11. The molecule has 0 spiro atoms.